The molecule has 7 nitrogen and oxygen atoms in total. The number of carbonyl (C=O) groups excluding carboxylic acids is 1. The molecular formula is C33H30O7. The molecule has 0 aliphatic carbocycles. The molecule has 0 bridgehead atoms. The summed E-state index contributed by atoms with van der Waals surface area (Å²) < 4.78 is 31.9. The van der Waals surface area contributed by atoms with E-state index < -0.39 is 6.16 Å². The molecule has 0 atom stereocenters. The number of hydrogen-bond donors (Lipinski definition) is 0. The summed E-state index contributed by atoms with van der Waals surface area (Å²) in [6, 6.07) is 25.5. The molecule has 0 aliphatic heterocycles. The van der Waals surface area contributed by atoms with Crippen LogP contribution in [0.4, 0.5) is 4.79 Å². The first-order chi connectivity index (χ1) is 19.5. The van der Waals surface area contributed by atoms with Crippen LogP contribution < -0.4 is 28.4 Å². The van der Waals surface area contributed by atoms with Crippen molar-refractivity contribution in [3.8, 4) is 34.5 Å². The van der Waals surface area contributed by atoms with Gasteiger partial charge in [0.15, 0.2) is 0 Å². The molecule has 0 saturated heterocycles. The Morgan fingerprint density at radius 3 is 1.02 bits per heavy atom. The van der Waals surface area contributed by atoms with Gasteiger partial charge < -0.3 is 28.4 Å². The molecule has 0 unspecified atom stereocenters. The average Bonchev–Trinajstić information content (AvgIpc) is 2.99. The van der Waals surface area contributed by atoms with E-state index in [-0.39, 0.29) is 0 Å². The van der Waals surface area contributed by atoms with Gasteiger partial charge >= 0.3 is 6.16 Å². The normalized spacial score (nSPS) is 10.9. The lowest BCUT2D eigenvalue weighted by molar-refractivity contribution is 0.152. The van der Waals surface area contributed by atoms with E-state index >= 15 is 0 Å². The Balaban J connectivity index is 1.32. The maximum Gasteiger partial charge on any atom is 0.519 e. The number of rotatable bonds is 10. The standard InChI is InChI=1S/C33H30O7/c1-35-29-17-25(18-30(21-29)36-2)7-5-23-9-13-27(14-10-23)39-33(34)40-28-15-11-24(12-16-28)6-8-26-19-31(37-3)22-32(20-26)38-4/h5-22H,1-4H3. The smallest absolute Gasteiger partial charge is 0.497 e. The van der Waals surface area contributed by atoms with Crippen molar-refractivity contribution in [2.24, 2.45) is 0 Å². The minimum Gasteiger partial charge on any atom is -0.497 e. The molecule has 0 aliphatic rings. The molecule has 204 valence electrons. The van der Waals surface area contributed by atoms with Crippen molar-refractivity contribution in [1.29, 1.82) is 0 Å². The van der Waals surface area contributed by atoms with E-state index in [4.69, 9.17) is 28.4 Å². The van der Waals surface area contributed by atoms with Crippen molar-refractivity contribution in [3.05, 3.63) is 107 Å². The summed E-state index contributed by atoms with van der Waals surface area (Å²) in [6.45, 7) is 0. The van der Waals surface area contributed by atoms with Gasteiger partial charge in [0.05, 0.1) is 28.4 Å². The zero-order valence-corrected chi connectivity index (χ0v) is 22.8. The largest absolute Gasteiger partial charge is 0.519 e. The third-order valence-corrected chi connectivity index (χ3v) is 5.85. The molecule has 0 N–H and O–H groups in total. The van der Waals surface area contributed by atoms with Gasteiger partial charge in [-0.05, 0) is 70.8 Å². The lowest BCUT2D eigenvalue weighted by atomic mass is 10.1. The Hall–Kier alpha value is -5.17. The summed E-state index contributed by atoms with van der Waals surface area (Å²) in [4.78, 5) is 12.3. The Bertz CT molecular complexity index is 1330. The fraction of sp³-hybridized carbons (Fsp3) is 0.121. The van der Waals surface area contributed by atoms with Gasteiger partial charge in [0.2, 0.25) is 0 Å². The molecular weight excluding hydrogens is 508 g/mol. The van der Waals surface area contributed by atoms with E-state index in [0.29, 0.717) is 34.5 Å². The van der Waals surface area contributed by atoms with Gasteiger partial charge in [-0.15, -0.1) is 0 Å². The fourth-order valence-electron chi connectivity index (χ4n) is 3.74. The van der Waals surface area contributed by atoms with E-state index in [1.54, 1.807) is 52.7 Å². The predicted molar refractivity (Wildman–Crippen MR) is 156 cm³/mol. The monoisotopic (exact) mass is 538 g/mol. The van der Waals surface area contributed by atoms with E-state index in [9.17, 15) is 4.79 Å². The SMILES string of the molecule is COc1cc(C=Cc2ccc(OC(=O)Oc3ccc(C=Cc4cc(OC)cc(OC)c4)cc3)cc2)cc(OC)c1. The van der Waals surface area contributed by atoms with Crippen molar-refractivity contribution >= 4 is 30.5 Å². The molecule has 0 amide bonds. The Labute approximate surface area is 233 Å². The second-order valence-electron chi connectivity index (χ2n) is 8.55. The molecule has 7 heteroatoms. The Kier molecular flexibility index (Phi) is 9.45. The zero-order valence-electron chi connectivity index (χ0n) is 22.8. The van der Waals surface area contributed by atoms with Gasteiger partial charge in [-0.3, -0.25) is 0 Å². The number of ether oxygens (including phenoxy) is 6. The van der Waals surface area contributed by atoms with Gasteiger partial charge in [0.25, 0.3) is 0 Å². The van der Waals surface area contributed by atoms with Gasteiger partial charge in [-0.1, -0.05) is 48.6 Å². The molecule has 4 rings (SSSR count). The average molecular weight is 539 g/mol. The minimum atomic E-state index is -0.821. The minimum absolute atomic E-state index is 0.374. The molecule has 0 spiro atoms. The van der Waals surface area contributed by atoms with Crippen molar-refractivity contribution in [3.63, 3.8) is 0 Å². The van der Waals surface area contributed by atoms with E-state index in [2.05, 4.69) is 0 Å². The van der Waals surface area contributed by atoms with Crippen molar-refractivity contribution in [2.75, 3.05) is 28.4 Å². The maximum absolute atomic E-state index is 12.3. The highest BCUT2D eigenvalue weighted by Gasteiger charge is 2.08. The van der Waals surface area contributed by atoms with Crippen LogP contribution in [0.5, 0.6) is 34.5 Å². The fourth-order valence-corrected chi connectivity index (χ4v) is 3.74. The number of hydrogen-bond acceptors (Lipinski definition) is 7. The Morgan fingerprint density at radius 2 is 0.725 bits per heavy atom. The molecule has 40 heavy (non-hydrogen) atoms. The molecule has 0 radical (unpaired) electrons. The third-order valence-electron chi connectivity index (χ3n) is 5.85. The lowest BCUT2D eigenvalue weighted by Crippen LogP contribution is -2.13. The highest BCUT2D eigenvalue weighted by molar-refractivity contribution is 5.73. The second-order valence-corrected chi connectivity index (χ2v) is 8.55. The lowest BCUT2D eigenvalue weighted by Gasteiger charge is -2.07. The van der Waals surface area contributed by atoms with Gasteiger partial charge in [0, 0.05) is 12.1 Å². The summed E-state index contributed by atoms with van der Waals surface area (Å²) in [5.74, 6) is 3.59. The zero-order chi connectivity index (χ0) is 28.3. The summed E-state index contributed by atoms with van der Waals surface area (Å²) >= 11 is 0. The topological polar surface area (TPSA) is 72.5 Å². The van der Waals surface area contributed by atoms with Crippen LogP contribution in [0.15, 0.2) is 84.9 Å². The third kappa shape index (κ3) is 7.91. The van der Waals surface area contributed by atoms with Gasteiger partial charge in [0.1, 0.15) is 34.5 Å². The van der Waals surface area contributed by atoms with Crippen LogP contribution in [0.25, 0.3) is 24.3 Å². The van der Waals surface area contributed by atoms with Gasteiger partial charge in [-0.25, -0.2) is 4.79 Å². The van der Waals surface area contributed by atoms with E-state index in [1.165, 1.54) is 0 Å². The van der Waals surface area contributed by atoms with Crippen LogP contribution >= 0.6 is 0 Å². The van der Waals surface area contributed by atoms with Crippen LogP contribution in [-0.2, 0) is 0 Å². The first-order valence-corrected chi connectivity index (χ1v) is 12.4. The van der Waals surface area contributed by atoms with Crippen LogP contribution in [-0.4, -0.2) is 34.6 Å². The quantitative estimate of drug-likeness (QED) is 0.117. The molecule has 0 heterocycles. The summed E-state index contributed by atoms with van der Waals surface area (Å²) in [5, 5.41) is 0. The maximum atomic E-state index is 12.3. The number of methoxy groups -OCH3 is 4. The summed E-state index contributed by atoms with van der Waals surface area (Å²) in [7, 11) is 6.45. The summed E-state index contributed by atoms with van der Waals surface area (Å²) in [6.07, 6.45) is 6.95. The first kappa shape index (κ1) is 27.9. The predicted octanol–water partition coefficient (Wildman–Crippen LogP) is 7.64. The highest BCUT2D eigenvalue weighted by Crippen LogP contribution is 2.25. The van der Waals surface area contributed by atoms with Crippen LogP contribution in [0, 0.1) is 0 Å². The van der Waals surface area contributed by atoms with Gasteiger partial charge in [-0.2, -0.15) is 0 Å². The van der Waals surface area contributed by atoms with Crippen LogP contribution in [0.1, 0.15) is 22.3 Å². The van der Waals surface area contributed by atoms with Crippen molar-refractivity contribution in [2.45, 2.75) is 0 Å². The van der Waals surface area contributed by atoms with Crippen molar-refractivity contribution in [1.82, 2.24) is 0 Å². The summed E-state index contributed by atoms with van der Waals surface area (Å²) in [5.41, 5.74) is 3.72. The molecule has 0 saturated carbocycles. The number of benzene rings is 4. The Morgan fingerprint density at radius 1 is 0.425 bits per heavy atom. The van der Waals surface area contributed by atoms with Crippen LogP contribution in [0.2, 0.25) is 0 Å². The van der Waals surface area contributed by atoms with E-state index in [1.807, 2.05) is 85.0 Å². The van der Waals surface area contributed by atoms with E-state index in [0.717, 1.165) is 22.3 Å². The molecule has 0 fully saturated rings. The first-order valence-electron chi connectivity index (χ1n) is 12.4. The van der Waals surface area contributed by atoms with Crippen molar-refractivity contribution < 1.29 is 33.2 Å². The van der Waals surface area contributed by atoms with Crippen LogP contribution in [0.3, 0.4) is 0 Å². The second kappa shape index (κ2) is 13.6. The molecule has 4 aromatic rings. The molecule has 4 aromatic carbocycles. The highest BCUT2D eigenvalue weighted by atomic mass is 16.7. The molecule has 0 aromatic heterocycles. The number of carbonyl (C=O) groups is 1.